The number of aryl methyl sites for hydroxylation is 2. The van der Waals surface area contributed by atoms with Crippen molar-refractivity contribution in [2.75, 3.05) is 6.61 Å². The van der Waals surface area contributed by atoms with Gasteiger partial charge in [0.25, 0.3) is 0 Å². The average molecular weight is 413 g/mol. The number of ether oxygens (including phenoxy) is 2. The normalized spacial score (nSPS) is 15.0. The Kier molecular flexibility index (Phi) is 6.20. The molecule has 4 nitrogen and oxygen atoms in total. The molecule has 0 aliphatic carbocycles. The lowest BCUT2D eigenvalue weighted by molar-refractivity contribution is 0.0724. The van der Waals surface area contributed by atoms with Crippen molar-refractivity contribution in [3.63, 3.8) is 0 Å². The third kappa shape index (κ3) is 5.09. The summed E-state index contributed by atoms with van der Waals surface area (Å²) in [7, 11) is -1.84. The van der Waals surface area contributed by atoms with Gasteiger partial charge in [0.05, 0.1) is 18.8 Å². The Morgan fingerprint density at radius 3 is 2.55 bits per heavy atom. The van der Waals surface area contributed by atoms with E-state index in [9.17, 15) is 4.79 Å². The first kappa shape index (κ1) is 21.6. The van der Waals surface area contributed by atoms with Gasteiger partial charge in [0.15, 0.2) is 19.8 Å². The molecule has 0 aromatic heterocycles. The number of rotatable bonds is 3. The number of carbonyl (C=O) groups excluding carboxylic acids is 1. The summed E-state index contributed by atoms with van der Waals surface area (Å²) in [6, 6.07) is 11.6. The molecule has 0 fully saturated rings. The van der Waals surface area contributed by atoms with E-state index in [0.29, 0.717) is 30.3 Å². The summed E-state index contributed by atoms with van der Waals surface area (Å²) in [6.07, 6.45) is 1.63. The topological polar surface area (TPSA) is 44.8 Å². The summed E-state index contributed by atoms with van der Waals surface area (Å²) in [4.78, 5) is 12.8. The van der Waals surface area contributed by atoms with Crippen LogP contribution in [0.3, 0.4) is 0 Å². The van der Waals surface area contributed by atoms with E-state index in [0.717, 1.165) is 29.5 Å². The van der Waals surface area contributed by atoms with Crippen LogP contribution in [0.1, 0.15) is 54.2 Å². The van der Waals surface area contributed by atoms with E-state index in [4.69, 9.17) is 13.9 Å². The molecule has 0 spiro atoms. The number of hydrogen-bond acceptors (Lipinski definition) is 4. The molecule has 29 heavy (non-hydrogen) atoms. The molecule has 0 N–H and O–H groups in total. The first-order valence-electron chi connectivity index (χ1n) is 10.3. The third-order valence-electron chi connectivity index (χ3n) is 5.95. The Hall–Kier alpha value is -2.11. The Balaban J connectivity index is 1.82. The molecule has 156 valence electrons. The summed E-state index contributed by atoms with van der Waals surface area (Å²) in [5.74, 6) is 0.724. The molecule has 1 aliphatic rings. The highest BCUT2D eigenvalue weighted by molar-refractivity contribution is 6.74. The van der Waals surface area contributed by atoms with Gasteiger partial charge >= 0.3 is 5.97 Å². The Morgan fingerprint density at radius 2 is 1.83 bits per heavy atom. The van der Waals surface area contributed by atoms with E-state index >= 15 is 0 Å². The maximum atomic E-state index is 12.8. The molecule has 2 aromatic rings. The lowest BCUT2D eigenvalue weighted by Crippen LogP contribution is -2.40. The Bertz CT molecular complexity index is 896. The smallest absolute Gasteiger partial charge is 0.343 e. The highest BCUT2D eigenvalue weighted by Gasteiger charge is 2.37. The van der Waals surface area contributed by atoms with Gasteiger partial charge in [-0.15, -0.1) is 0 Å². The molecular formula is C24H32O4Si. The van der Waals surface area contributed by atoms with Crippen LogP contribution in [0, 0.1) is 6.92 Å². The van der Waals surface area contributed by atoms with Crippen LogP contribution in [0.2, 0.25) is 18.1 Å². The second-order valence-electron chi connectivity index (χ2n) is 9.33. The zero-order chi connectivity index (χ0) is 21.2. The van der Waals surface area contributed by atoms with Gasteiger partial charge in [-0.05, 0) is 67.2 Å². The SMILES string of the molecule is Cc1ccc2c(c1)CCCOc1cc(CO[Si](C)(C)C(C)(C)C)ccc1OC2=O. The molecule has 0 bridgehead atoms. The minimum absolute atomic E-state index is 0.157. The number of benzene rings is 2. The molecule has 5 heteroatoms. The molecule has 3 rings (SSSR count). The molecule has 0 atom stereocenters. The predicted molar refractivity (Wildman–Crippen MR) is 118 cm³/mol. The number of carbonyl (C=O) groups is 1. The van der Waals surface area contributed by atoms with Crippen LogP contribution in [0.4, 0.5) is 0 Å². The van der Waals surface area contributed by atoms with Crippen molar-refractivity contribution in [3.05, 3.63) is 58.7 Å². The van der Waals surface area contributed by atoms with E-state index in [1.54, 1.807) is 0 Å². The van der Waals surface area contributed by atoms with Gasteiger partial charge in [0.2, 0.25) is 0 Å². The Labute approximate surface area is 175 Å². The quantitative estimate of drug-likeness (QED) is 0.349. The zero-order valence-electron chi connectivity index (χ0n) is 18.4. The second kappa shape index (κ2) is 8.32. The van der Waals surface area contributed by atoms with Crippen molar-refractivity contribution in [2.24, 2.45) is 0 Å². The van der Waals surface area contributed by atoms with Gasteiger partial charge < -0.3 is 13.9 Å². The van der Waals surface area contributed by atoms with Crippen molar-refractivity contribution in [1.82, 2.24) is 0 Å². The molecule has 1 aliphatic heterocycles. The third-order valence-corrected chi connectivity index (χ3v) is 10.4. The van der Waals surface area contributed by atoms with Crippen LogP contribution in [0.5, 0.6) is 11.5 Å². The number of esters is 1. The van der Waals surface area contributed by atoms with Crippen LogP contribution < -0.4 is 9.47 Å². The van der Waals surface area contributed by atoms with Gasteiger partial charge in [0, 0.05) is 0 Å². The van der Waals surface area contributed by atoms with Gasteiger partial charge in [-0.3, -0.25) is 0 Å². The van der Waals surface area contributed by atoms with Crippen molar-refractivity contribution in [3.8, 4) is 11.5 Å². The minimum atomic E-state index is -1.84. The van der Waals surface area contributed by atoms with Crippen LogP contribution in [-0.2, 0) is 17.5 Å². The molecule has 2 aromatic carbocycles. The standard InChI is InChI=1S/C24H32O4Si/c1-17-9-11-20-19(14-17)8-7-13-26-22-15-18(10-12-21(22)28-23(20)25)16-27-29(5,6)24(2,3)4/h9-12,14-15H,7-8,13,16H2,1-6H3. The summed E-state index contributed by atoms with van der Waals surface area (Å²) >= 11 is 0. The summed E-state index contributed by atoms with van der Waals surface area (Å²) in [5, 5.41) is 0.157. The molecular weight excluding hydrogens is 380 g/mol. The number of hydrogen-bond donors (Lipinski definition) is 0. The maximum absolute atomic E-state index is 12.8. The van der Waals surface area contributed by atoms with Gasteiger partial charge in [-0.1, -0.05) is 44.5 Å². The Morgan fingerprint density at radius 1 is 1.07 bits per heavy atom. The summed E-state index contributed by atoms with van der Waals surface area (Å²) < 4.78 is 18.0. The van der Waals surface area contributed by atoms with Crippen LogP contribution >= 0.6 is 0 Å². The van der Waals surface area contributed by atoms with Gasteiger partial charge in [-0.2, -0.15) is 0 Å². The lowest BCUT2D eigenvalue weighted by atomic mass is 10.0. The first-order chi connectivity index (χ1) is 13.6. The first-order valence-corrected chi connectivity index (χ1v) is 13.2. The van der Waals surface area contributed by atoms with Crippen molar-refractivity contribution >= 4 is 14.3 Å². The highest BCUT2D eigenvalue weighted by Crippen LogP contribution is 2.38. The largest absolute Gasteiger partial charge is 0.490 e. The summed E-state index contributed by atoms with van der Waals surface area (Å²) in [6.45, 7) is 14.3. The maximum Gasteiger partial charge on any atom is 0.343 e. The molecule has 0 amide bonds. The minimum Gasteiger partial charge on any atom is -0.490 e. The van der Waals surface area contributed by atoms with Gasteiger partial charge in [0.1, 0.15) is 0 Å². The van der Waals surface area contributed by atoms with Crippen LogP contribution in [0.15, 0.2) is 36.4 Å². The fraction of sp³-hybridized carbons (Fsp3) is 0.458. The fourth-order valence-corrected chi connectivity index (χ4v) is 4.01. The van der Waals surface area contributed by atoms with Crippen molar-refractivity contribution < 1.29 is 18.7 Å². The lowest BCUT2D eigenvalue weighted by Gasteiger charge is -2.36. The van der Waals surface area contributed by atoms with E-state index in [-0.39, 0.29) is 11.0 Å². The fourth-order valence-electron chi connectivity index (χ4n) is 3.05. The van der Waals surface area contributed by atoms with E-state index in [1.165, 1.54) is 0 Å². The van der Waals surface area contributed by atoms with Crippen molar-refractivity contribution in [2.45, 2.75) is 65.3 Å². The second-order valence-corrected chi connectivity index (χ2v) is 14.1. The van der Waals surface area contributed by atoms with Gasteiger partial charge in [-0.25, -0.2) is 4.79 Å². The molecule has 1 heterocycles. The van der Waals surface area contributed by atoms with E-state index < -0.39 is 8.32 Å². The average Bonchev–Trinajstić information content (AvgIpc) is 2.64. The monoisotopic (exact) mass is 412 g/mol. The highest BCUT2D eigenvalue weighted by atomic mass is 28.4. The molecule has 0 saturated carbocycles. The molecule has 0 radical (unpaired) electrons. The van der Waals surface area contributed by atoms with E-state index in [2.05, 4.69) is 39.9 Å². The van der Waals surface area contributed by atoms with Crippen LogP contribution in [-0.4, -0.2) is 20.9 Å². The van der Waals surface area contributed by atoms with Crippen LogP contribution in [0.25, 0.3) is 0 Å². The predicted octanol–water partition coefficient (Wildman–Crippen LogP) is 6.06. The van der Waals surface area contributed by atoms with E-state index in [1.807, 2.05) is 37.3 Å². The molecule has 0 unspecified atom stereocenters. The summed E-state index contributed by atoms with van der Waals surface area (Å²) in [5.41, 5.74) is 3.81. The molecule has 0 saturated heterocycles. The number of fused-ring (bicyclic) bond motifs is 2. The van der Waals surface area contributed by atoms with Crippen molar-refractivity contribution in [1.29, 1.82) is 0 Å². The zero-order valence-corrected chi connectivity index (χ0v) is 19.4.